The Labute approximate surface area is 405 Å². The van der Waals surface area contributed by atoms with Crippen molar-refractivity contribution in [2.24, 2.45) is 0 Å². The molecule has 0 spiro atoms. The van der Waals surface area contributed by atoms with Crippen LogP contribution in [0.25, 0.3) is 11.1 Å². The maximum absolute atomic E-state index is 3.40. The Bertz CT molecular complexity index is 3270. The van der Waals surface area contributed by atoms with E-state index in [-0.39, 0.29) is 17.5 Å². The van der Waals surface area contributed by atoms with Crippen molar-refractivity contribution >= 4 is 86.0 Å². The first-order valence-electron chi connectivity index (χ1n) is 24.4. The van der Waals surface area contributed by atoms with E-state index in [1.807, 2.05) is 0 Å². The summed E-state index contributed by atoms with van der Waals surface area (Å²) in [6, 6.07) is 81.5. The quantitative estimate of drug-likeness (QED) is 0.116. The van der Waals surface area contributed by atoms with Crippen LogP contribution in [-0.2, 0) is 10.8 Å². The van der Waals surface area contributed by atoms with Gasteiger partial charge in [-0.3, -0.25) is 0 Å². The first kappa shape index (κ1) is 43.4. The average molecular weight is 896 g/mol. The number of nitrogens with zero attached hydrogens (tertiary/aromatic N) is 2. The third-order valence-corrected chi connectivity index (χ3v) is 20.5. The molecule has 0 atom stereocenters. The molecule has 4 heteroatoms. The first-order valence-corrected chi connectivity index (χ1v) is 26.8. The molecular weight excluding hydrogens is 836 g/mol. The summed E-state index contributed by atoms with van der Waals surface area (Å²) in [5.41, 5.74) is 18.8. The molecule has 68 heavy (non-hydrogen) atoms. The summed E-state index contributed by atoms with van der Waals surface area (Å²) in [6.07, 6.45) is 0. The molecule has 0 radical (unpaired) electrons. The van der Waals surface area contributed by atoms with E-state index in [1.165, 1.54) is 105 Å². The van der Waals surface area contributed by atoms with Gasteiger partial charge in [-0.2, -0.15) is 0 Å². The van der Waals surface area contributed by atoms with Crippen molar-refractivity contribution in [3.63, 3.8) is 0 Å². The molecule has 334 valence electrons. The van der Waals surface area contributed by atoms with Gasteiger partial charge in [-0.15, -0.1) is 0 Å². The Balaban J connectivity index is 1.27. The Morgan fingerprint density at radius 3 is 1.47 bits per heavy atom. The minimum atomic E-state index is -3.40. The van der Waals surface area contributed by atoms with Crippen molar-refractivity contribution < 1.29 is 0 Å². The fourth-order valence-electron chi connectivity index (χ4n) is 11.6. The van der Waals surface area contributed by atoms with Gasteiger partial charge in [0.1, 0.15) is 0 Å². The molecular formula is C64H60BN2Si-. The molecule has 0 N–H and O–H groups in total. The molecule has 0 saturated carbocycles. The molecule has 0 bridgehead atoms. The average Bonchev–Trinajstić information content (AvgIpc) is 3.35. The van der Waals surface area contributed by atoms with Crippen LogP contribution in [-0.4, -0.2) is 14.8 Å². The monoisotopic (exact) mass is 895 g/mol. The number of hydrogen-bond donors (Lipinski definition) is 0. The zero-order valence-electron chi connectivity index (χ0n) is 40.8. The standard InChI is InChI=1S/C64H60BN2Si/c1-44-28-35-52(36-29-44)68(50-22-14-10-15-23-50,51-24-16-11-17-25-51)53-37-39-59-56(43-53)65-55-42-48(64(6,7)8)32-38-58(55)66(49-33-30-47(31-34-49)63(3,4)5)60-40-45(2)41-61(62(60)65)67(59)57-27-19-18-26-54(57)46-20-12-9-13-21-46/h9-43,68H,1-8H3/q-1. The van der Waals surface area contributed by atoms with Gasteiger partial charge in [0.2, 0.25) is 0 Å². The second-order valence-electron chi connectivity index (χ2n) is 21.4. The number of fused-ring (bicyclic) bond motifs is 4. The number of anilines is 6. The molecule has 0 saturated heterocycles. The predicted molar refractivity (Wildman–Crippen MR) is 298 cm³/mol. The third kappa shape index (κ3) is 7.16. The molecule has 0 amide bonds. The Morgan fingerprint density at radius 2 is 0.853 bits per heavy atom. The molecule has 0 aromatic heterocycles. The van der Waals surface area contributed by atoms with Gasteiger partial charge < -0.3 is 0 Å². The van der Waals surface area contributed by atoms with Gasteiger partial charge in [0, 0.05) is 0 Å². The topological polar surface area (TPSA) is 6.48 Å². The zero-order valence-corrected chi connectivity index (χ0v) is 41.9. The van der Waals surface area contributed by atoms with E-state index < -0.39 is 8.07 Å². The van der Waals surface area contributed by atoms with Gasteiger partial charge in [-0.1, -0.05) is 20.8 Å². The number of benzene rings is 9. The predicted octanol–water partition coefficient (Wildman–Crippen LogP) is 11.8. The summed E-state index contributed by atoms with van der Waals surface area (Å²) >= 11 is 0. The summed E-state index contributed by atoms with van der Waals surface area (Å²) in [4.78, 5) is 5.17. The Morgan fingerprint density at radius 1 is 0.368 bits per heavy atom. The van der Waals surface area contributed by atoms with Crippen LogP contribution >= 0.6 is 0 Å². The normalized spacial score (nSPS) is 13.4. The van der Waals surface area contributed by atoms with E-state index in [1.54, 1.807) is 0 Å². The van der Waals surface area contributed by atoms with Gasteiger partial charge in [-0.05, 0) is 0 Å². The van der Waals surface area contributed by atoms with Gasteiger partial charge in [0.25, 0.3) is 0 Å². The first-order chi connectivity index (χ1) is 32.8. The minimum absolute atomic E-state index is 0.0406. The fourth-order valence-corrected chi connectivity index (χ4v) is 17.1. The molecule has 2 aliphatic heterocycles. The molecule has 2 nitrogen and oxygen atoms in total. The van der Waals surface area contributed by atoms with Crippen molar-refractivity contribution in [3.05, 3.63) is 235 Å². The van der Waals surface area contributed by atoms with Crippen LogP contribution in [0, 0.1) is 13.8 Å². The molecule has 2 heterocycles. The summed E-state index contributed by atoms with van der Waals surface area (Å²) in [5.74, 6) is 0. The van der Waals surface area contributed by atoms with Crippen molar-refractivity contribution in [3.8, 4) is 11.1 Å². The summed E-state index contributed by atoms with van der Waals surface area (Å²) in [7, 11) is -3.40. The van der Waals surface area contributed by atoms with Gasteiger partial charge in [0.05, 0.1) is 0 Å². The number of aryl methyl sites for hydroxylation is 2. The summed E-state index contributed by atoms with van der Waals surface area (Å²) < 4.78 is 0. The van der Waals surface area contributed by atoms with Crippen LogP contribution in [0.15, 0.2) is 212 Å². The van der Waals surface area contributed by atoms with Crippen LogP contribution in [0.5, 0.6) is 0 Å². The van der Waals surface area contributed by atoms with Crippen LogP contribution < -0.4 is 46.9 Å². The van der Waals surface area contributed by atoms with E-state index in [2.05, 4.69) is 278 Å². The van der Waals surface area contributed by atoms with Crippen molar-refractivity contribution in [1.82, 2.24) is 0 Å². The van der Waals surface area contributed by atoms with Crippen LogP contribution in [0.2, 0.25) is 0 Å². The molecule has 0 unspecified atom stereocenters. The molecule has 0 fully saturated rings. The van der Waals surface area contributed by atoms with Crippen molar-refractivity contribution in [1.29, 1.82) is 0 Å². The van der Waals surface area contributed by atoms with Crippen LogP contribution in [0.3, 0.4) is 0 Å². The number of rotatable bonds is 7. The van der Waals surface area contributed by atoms with E-state index in [0.717, 1.165) is 0 Å². The second kappa shape index (κ2) is 16.6. The van der Waals surface area contributed by atoms with E-state index in [4.69, 9.17) is 0 Å². The Kier molecular flexibility index (Phi) is 10.6. The zero-order chi connectivity index (χ0) is 47.0. The molecule has 9 aromatic carbocycles. The van der Waals surface area contributed by atoms with Crippen LogP contribution in [0.4, 0.5) is 34.1 Å². The summed E-state index contributed by atoms with van der Waals surface area (Å²) in [6.45, 7) is 18.4. The van der Waals surface area contributed by atoms with E-state index in [9.17, 15) is 0 Å². The molecule has 2 aliphatic rings. The number of para-hydroxylation sites is 1. The van der Waals surface area contributed by atoms with Crippen molar-refractivity contribution in [2.45, 2.75) is 66.2 Å². The van der Waals surface area contributed by atoms with Gasteiger partial charge in [-0.25, -0.2) is 0 Å². The SMILES string of the molecule is Cc1ccc([SiH-](c2ccccc2)(c2ccccc2)c2ccc3c(c2)B2c4cc(C(C)(C)C)ccc4N(c4ccc(C(C)(C)C)cc4)c4cc(C)cc(c42)N3c2ccccc2-c2ccccc2)cc1. The Hall–Kier alpha value is -7.14. The molecule has 0 aliphatic carbocycles. The molecule has 9 aromatic rings. The van der Waals surface area contributed by atoms with Gasteiger partial charge >= 0.3 is 387 Å². The maximum atomic E-state index is 2.66. The second-order valence-corrected chi connectivity index (χ2v) is 25.8. The fraction of sp³-hybridized carbons (Fsp3) is 0.156. The van der Waals surface area contributed by atoms with Crippen molar-refractivity contribution in [2.75, 3.05) is 9.80 Å². The molecule has 11 rings (SSSR count). The van der Waals surface area contributed by atoms with E-state index in [0.29, 0.717) is 0 Å². The van der Waals surface area contributed by atoms with E-state index >= 15 is 0 Å². The summed E-state index contributed by atoms with van der Waals surface area (Å²) in [5, 5.41) is 5.61. The third-order valence-electron chi connectivity index (χ3n) is 15.0. The number of hydrogen-bond acceptors (Lipinski definition) is 2. The van der Waals surface area contributed by atoms with Gasteiger partial charge in [0.15, 0.2) is 0 Å². The van der Waals surface area contributed by atoms with Crippen LogP contribution in [0.1, 0.15) is 63.8 Å².